The number of fused-ring (bicyclic) bond motifs is 1. The molecule has 20 heavy (non-hydrogen) atoms. The summed E-state index contributed by atoms with van der Waals surface area (Å²) < 4.78 is 1.68. The summed E-state index contributed by atoms with van der Waals surface area (Å²) in [6.45, 7) is 3.63. The Labute approximate surface area is 116 Å². The molecule has 106 valence electrons. The van der Waals surface area contributed by atoms with Gasteiger partial charge in [0, 0.05) is 6.20 Å². The van der Waals surface area contributed by atoms with Crippen molar-refractivity contribution in [3.05, 3.63) is 35.8 Å². The molecule has 0 fully saturated rings. The van der Waals surface area contributed by atoms with Crippen molar-refractivity contribution < 1.29 is 14.7 Å². The first-order valence-electron chi connectivity index (χ1n) is 6.58. The Morgan fingerprint density at radius 1 is 1.40 bits per heavy atom. The largest absolute Gasteiger partial charge is 0.480 e. The van der Waals surface area contributed by atoms with E-state index in [1.54, 1.807) is 23.6 Å². The van der Waals surface area contributed by atoms with Crippen molar-refractivity contribution in [1.29, 1.82) is 0 Å². The zero-order chi connectivity index (χ0) is 14.7. The van der Waals surface area contributed by atoms with Crippen molar-refractivity contribution in [2.75, 3.05) is 0 Å². The third-order valence-electron chi connectivity index (χ3n) is 3.16. The molecule has 0 bridgehead atoms. The number of nitrogens with one attached hydrogen (secondary N) is 1. The molecular weight excluding hydrogens is 258 g/mol. The van der Waals surface area contributed by atoms with Gasteiger partial charge in [0.2, 0.25) is 0 Å². The number of carbonyl (C=O) groups is 2. The molecule has 0 aliphatic rings. The zero-order valence-electron chi connectivity index (χ0n) is 11.5. The Balaban J connectivity index is 2.40. The summed E-state index contributed by atoms with van der Waals surface area (Å²) in [6, 6.07) is 4.57. The molecule has 0 saturated carbocycles. The normalized spacial score (nSPS) is 12.3. The first kappa shape index (κ1) is 14.0. The van der Waals surface area contributed by atoms with Crippen LogP contribution in [0, 0.1) is 0 Å². The van der Waals surface area contributed by atoms with Gasteiger partial charge >= 0.3 is 5.97 Å². The highest BCUT2D eigenvalue weighted by atomic mass is 16.4. The fraction of sp³-hybridized carbons (Fsp3) is 0.357. The number of hydrogen-bond acceptors (Lipinski definition) is 3. The lowest BCUT2D eigenvalue weighted by molar-refractivity contribution is -0.139. The molecule has 1 unspecified atom stereocenters. The van der Waals surface area contributed by atoms with E-state index in [1.165, 1.54) is 0 Å². The molecule has 0 aromatic carbocycles. The molecule has 2 aromatic rings. The minimum Gasteiger partial charge on any atom is -0.480 e. The van der Waals surface area contributed by atoms with Crippen LogP contribution < -0.4 is 5.32 Å². The molecule has 0 aliphatic carbocycles. The number of carbonyl (C=O) groups excluding carboxylic acids is 1. The van der Waals surface area contributed by atoms with E-state index in [2.05, 4.69) is 10.3 Å². The molecule has 0 aliphatic heterocycles. The van der Waals surface area contributed by atoms with Crippen LogP contribution in [0.3, 0.4) is 0 Å². The lowest BCUT2D eigenvalue weighted by Crippen LogP contribution is -2.41. The third kappa shape index (κ3) is 2.49. The van der Waals surface area contributed by atoms with Gasteiger partial charge in [-0.3, -0.25) is 9.20 Å². The molecule has 0 spiro atoms. The van der Waals surface area contributed by atoms with Gasteiger partial charge in [-0.1, -0.05) is 19.9 Å². The molecule has 6 nitrogen and oxygen atoms in total. The zero-order valence-corrected chi connectivity index (χ0v) is 11.5. The lowest BCUT2D eigenvalue weighted by Gasteiger charge is -2.12. The minimum absolute atomic E-state index is 0.333. The number of aliphatic carboxylic acids is 1. The number of nitrogens with zero attached hydrogens (tertiary/aromatic N) is 2. The number of carboxylic acid groups (broad SMARTS) is 1. The number of rotatable bonds is 5. The van der Waals surface area contributed by atoms with Crippen molar-refractivity contribution in [1.82, 2.24) is 14.7 Å². The number of amides is 1. The second-order valence-corrected chi connectivity index (χ2v) is 4.46. The molecule has 1 amide bonds. The number of hydrogen-bond donors (Lipinski definition) is 2. The van der Waals surface area contributed by atoms with Gasteiger partial charge in [0.15, 0.2) is 0 Å². The van der Waals surface area contributed by atoms with Gasteiger partial charge in [0.05, 0.1) is 5.69 Å². The van der Waals surface area contributed by atoms with Crippen molar-refractivity contribution >= 4 is 17.5 Å². The molecule has 6 heteroatoms. The van der Waals surface area contributed by atoms with E-state index in [4.69, 9.17) is 5.11 Å². The van der Waals surface area contributed by atoms with Crippen LogP contribution in [0.4, 0.5) is 0 Å². The van der Waals surface area contributed by atoms with Crippen LogP contribution >= 0.6 is 0 Å². The minimum atomic E-state index is -1.03. The van der Waals surface area contributed by atoms with Gasteiger partial charge in [-0.05, 0) is 25.0 Å². The van der Waals surface area contributed by atoms with Crippen LogP contribution in [0.2, 0.25) is 0 Å². The summed E-state index contributed by atoms with van der Waals surface area (Å²) in [5, 5.41) is 11.6. The summed E-state index contributed by atoms with van der Waals surface area (Å²) in [6.07, 6.45) is 2.69. The van der Waals surface area contributed by atoms with Crippen molar-refractivity contribution in [2.45, 2.75) is 32.7 Å². The van der Waals surface area contributed by atoms with Crippen LogP contribution in [0.15, 0.2) is 24.4 Å². The Kier molecular flexibility index (Phi) is 4.02. The van der Waals surface area contributed by atoms with E-state index in [-0.39, 0.29) is 0 Å². The topological polar surface area (TPSA) is 83.7 Å². The molecule has 2 aromatic heterocycles. The van der Waals surface area contributed by atoms with Gasteiger partial charge in [0.25, 0.3) is 5.91 Å². The molecule has 2 N–H and O–H groups in total. The van der Waals surface area contributed by atoms with Crippen LogP contribution in [0.1, 0.15) is 36.5 Å². The summed E-state index contributed by atoms with van der Waals surface area (Å²) >= 11 is 0. The average molecular weight is 275 g/mol. The maximum absolute atomic E-state index is 12.3. The van der Waals surface area contributed by atoms with Gasteiger partial charge in [0.1, 0.15) is 17.4 Å². The van der Waals surface area contributed by atoms with Crippen molar-refractivity contribution in [2.24, 2.45) is 0 Å². The number of aromatic nitrogens is 2. The van der Waals surface area contributed by atoms with Crippen LogP contribution in [-0.4, -0.2) is 32.4 Å². The second kappa shape index (κ2) is 5.73. The molecule has 2 heterocycles. The predicted molar refractivity (Wildman–Crippen MR) is 73.8 cm³/mol. The first-order valence-corrected chi connectivity index (χ1v) is 6.58. The maximum atomic E-state index is 12.3. The predicted octanol–water partition coefficient (Wildman–Crippen LogP) is 1.49. The third-order valence-corrected chi connectivity index (χ3v) is 3.16. The van der Waals surface area contributed by atoms with Crippen molar-refractivity contribution in [3.8, 4) is 0 Å². The molecule has 0 radical (unpaired) electrons. The quantitative estimate of drug-likeness (QED) is 0.866. The van der Waals surface area contributed by atoms with Crippen molar-refractivity contribution in [3.63, 3.8) is 0 Å². The van der Waals surface area contributed by atoms with Gasteiger partial charge < -0.3 is 10.4 Å². The van der Waals surface area contributed by atoms with E-state index in [0.717, 1.165) is 0 Å². The summed E-state index contributed by atoms with van der Waals surface area (Å²) in [4.78, 5) is 27.7. The fourth-order valence-corrected chi connectivity index (χ4v) is 2.10. The molecular formula is C14H17N3O3. The average Bonchev–Trinajstić information content (AvgIpc) is 2.82. The maximum Gasteiger partial charge on any atom is 0.326 e. The van der Waals surface area contributed by atoms with Crippen LogP contribution in [-0.2, 0) is 11.2 Å². The van der Waals surface area contributed by atoms with Gasteiger partial charge in [-0.25, -0.2) is 9.78 Å². The fourth-order valence-electron chi connectivity index (χ4n) is 2.10. The number of pyridine rings is 1. The number of aryl methyl sites for hydroxylation is 1. The lowest BCUT2D eigenvalue weighted by atomic mass is 10.2. The molecule has 2 rings (SSSR count). The van der Waals surface area contributed by atoms with E-state index >= 15 is 0 Å². The van der Waals surface area contributed by atoms with Crippen LogP contribution in [0.5, 0.6) is 0 Å². The highest BCUT2D eigenvalue weighted by molar-refractivity contribution is 5.97. The first-order chi connectivity index (χ1) is 9.58. The Hall–Kier alpha value is -2.37. The number of carboxylic acids is 1. The Bertz CT molecular complexity index is 648. The van der Waals surface area contributed by atoms with E-state index < -0.39 is 17.9 Å². The highest BCUT2D eigenvalue weighted by Gasteiger charge is 2.23. The highest BCUT2D eigenvalue weighted by Crippen LogP contribution is 2.13. The van der Waals surface area contributed by atoms with E-state index in [1.807, 2.05) is 19.1 Å². The van der Waals surface area contributed by atoms with E-state index in [9.17, 15) is 9.59 Å². The second-order valence-electron chi connectivity index (χ2n) is 4.46. The smallest absolute Gasteiger partial charge is 0.326 e. The number of imidazole rings is 1. The summed E-state index contributed by atoms with van der Waals surface area (Å²) in [5.41, 5.74) is 1.75. The van der Waals surface area contributed by atoms with Gasteiger partial charge in [-0.2, -0.15) is 0 Å². The van der Waals surface area contributed by atoms with Crippen LogP contribution in [0.25, 0.3) is 5.65 Å². The summed E-state index contributed by atoms with van der Waals surface area (Å²) in [5.74, 6) is -1.44. The monoisotopic (exact) mass is 275 g/mol. The Morgan fingerprint density at radius 3 is 2.75 bits per heavy atom. The molecule has 0 saturated heterocycles. The molecule has 1 atom stereocenters. The Morgan fingerprint density at radius 2 is 2.15 bits per heavy atom. The SMILES string of the molecule is CCc1nc2ccccn2c1C(=O)NC(CC)C(=O)O. The van der Waals surface area contributed by atoms with Gasteiger partial charge in [-0.15, -0.1) is 0 Å². The van der Waals surface area contributed by atoms with E-state index in [0.29, 0.717) is 29.9 Å². The standard InChI is InChI=1S/C14H17N3O3/c1-3-9-12(13(18)16-10(4-2)14(19)20)17-8-6-5-7-11(17)15-9/h5-8,10H,3-4H2,1-2H3,(H,16,18)(H,19,20). The summed E-state index contributed by atoms with van der Waals surface area (Å²) in [7, 11) is 0.